The van der Waals surface area contributed by atoms with Gasteiger partial charge in [-0.2, -0.15) is 0 Å². The Morgan fingerprint density at radius 3 is 2.51 bits per heavy atom. The predicted octanol–water partition coefficient (Wildman–Crippen LogP) is 5.51. The molecule has 1 fully saturated rings. The third kappa shape index (κ3) is 9.97. The lowest BCUT2D eigenvalue weighted by atomic mass is 9.55. The fraction of sp³-hybridized carbons (Fsp3) is 0.684. The highest BCUT2D eigenvalue weighted by molar-refractivity contribution is 6.18. The maximum absolute atomic E-state index is 14.0. The number of hydrogen-bond acceptors (Lipinski definition) is 11. The van der Waals surface area contributed by atoms with E-state index in [-0.39, 0.29) is 88.6 Å². The molecule has 51 heavy (non-hydrogen) atoms. The van der Waals surface area contributed by atoms with Gasteiger partial charge < -0.3 is 44.2 Å². The smallest absolute Gasteiger partial charge is 0.410 e. The number of hydrogen-bond donors (Lipinski definition) is 4. The van der Waals surface area contributed by atoms with E-state index in [1.807, 2.05) is 20.8 Å². The van der Waals surface area contributed by atoms with Gasteiger partial charge in [-0.3, -0.25) is 4.90 Å². The van der Waals surface area contributed by atoms with Crippen LogP contribution in [0.1, 0.15) is 77.2 Å². The minimum atomic E-state index is -1.47. The maximum Gasteiger partial charge on any atom is 0.410 e. The average molecular weight is 737 g/mol. The van der Waals surface area contributed by atoms with E-state index >= 15 is 0 Å². The van der Waals surface area contributed by atoms with Crippen molar-refractivity contribution < 1.29 is 49.0 Å². The largest absolute Gasteiger partial charge is 0.508 e. The molecule has 1 heterocycles. The van der Waals surface area contributed by atoms with Crippen LogP contribution < -0.4 is 4.74 Å². The van der Waals surface area contributed by atoms with Gasteiger partial charge in [-0.1, -0.05) is 30.1 Å². The number of alkyl halides is 1. The number of aliphatic hydroxyl groups excluding tert-OH is 3. The zero-order valence-corrected chi connectivity index (χ0v) is 31.1. The molecule has 2 aliphatic carbocycles. The number of carbonyl (C=O) groups excluding carboxylic acids is 1. The first kappa shape index (κ1) is 40.9. The molecule has 1 aliphatic heterocycles. The van der Waals surface area contributed by atoms with Gasteiger partial charge in [0, 0.05) is 37.7 Å². The second kappa shape index (κ2) is 19.3. The lowest BCUT2D eigenvalue weighted by Gasteiger charge is -2.59. The first-order valence-corrected chi connectivity index (χ1v) is 18.7. The molecule has 1 saturated carbocycles. The molecular formula is C38H57ClN2O10. The topological polar surface area (TPSA) is 160 Å². The van der Waals surface area contributed by atoms with Crippen LogP contribution in [0.5, 0.6) is 11.5 Å². The Kier molecular flexibility index (Phi) is 15.5. The molecule has 4 N–H and O–H groups in total. The van der Waals surface area contributed by atoms with Crippen LogP contribution in [0.4, 0.5) is 4.79 Å². The molecule has 13 heteroatoms. The van der Waals surface area contributed by atoms with E-state index < -0.39 is 29.4 Å². The predicted molar refractivity (Wildman–Crippen MR) is 194 cm³/mol. The Hall–Kier alpha value is -2.87. The molecule has 0 bridgehead atoms. The van der Waals surface area contributed by atoms with Gasteiger partial charge in [0.25, 0.3) is 0 Å². The van der Waals surface area contributed by atoms with E-state index in [2.05, 4.69) is 12.7 Å². The molecule has 1 aromatic carbocycles. The van der Waals surface area contributed by atoms with Crippen molar-refractivity contribution in [2.45, 2.75) is 89.1 Å². The number of phenols is 1. The van der Waals surface area contributed by atoms with E-state index in [0.717, 1.165) is 36.8 Å². The summed E-state index contributed by atoms with van der Waals surface area (Å²) in [7, 11) is 0. The summed E-state index contributed by atoms with van der Waals surface area (Å²) in [6, 6.07) is 4.27. The van der Waals surface area contributed by atoms with Crippen LogP contribution in [0.2, 0.25) is 0 Å². The lowest BCUT2D eigenvalue weighted by Crippen LogP contribution is -2.70. The van der Waals surface area contributed by atoms with E-state index in [1.165, 1.54) is 0 Å². The van der Waals surface area contributed by atoms with Gasteiger partial charge in [0.2, 0.25) is 5.79 Å². The first-order chi connectivity index (χ1) is 24.5. The van der Waals surface area contributed by atoms with E-state index in [4.69, 9.17) is 40.5 Å². The summed E-state index contributed by atoms with van der Waals surface area (Å²) in [5.74, 6) is -1.45. The Morgan fingerprint density at radius 2 is 1.84 bits per heavy atom. The van der Waals surface area contributed by atoms with Crippen molar-refractivity contribution >= 4 is 23.4 Å². The maximum atomic E-state index is 14.0. The second-order valence-corrected chi connectivity index (χ2v) is 14.7. The van der Waals surface area contributed by atoms with Crippen molar-refractivity contribution in [3.05, 3.63) is 48.1 Å². The molecule has 3 aliphatic rings. The summed E-state index contributed by atoms with van der Waals surface area (Å²) < 4.78 is 25.2. The van der Waals surface area contributed by atoms with Gasteiger partial charge in [-0.05, 0) is 82.1 Å². The van der Waals surface area contributed by atoms with E-state index in [9.17, 15) is 25.2 Å². The normalized spacial score (nSPS) is 26.1. The number of oxime groups is 1. The molecule has 1 aromatic rings. The molecular weight excluding hydrogens is 680 g/mol. The molecule has 0 aromatic heterocycles. The van der Waals surface area contributed by atoms with Gasteiger partial charge in [0.05, 0.1) is 43.9 Å². The number of nitrogens with zero attached hydrogens (tertiary/aromatic N) is 2. The number of allylic oxidation sites excluding steroid dienone is 1. The van der Waals surface area contributed by atoms with Crippen molar-refractivity contribution in [2.75, 3.05) is 58.7 Å². The minimum Gasteiger partial charge on any atom is -0.508 e. The number of unbranched alkanes of at least 4 members (excludes halogenated alkanes) is 2. The summed E-state index contributed by atoms with van der Waals surface area (Å²) in [6.07, 6.45) is 7.92. The summed E-state index contributed by atoms with van der Waals surface area (Å²) in [5, 5.41) is 44.5. The highest BCUT2D eigenvalue weighted by atomic mass is 35.5. The average Bonchev–Trinajstić information content (AvgIpc) is 3.10. The molecule has 12 nitrogen and oxygen atoms in total. The van der Waals surface area contributed by atoms with E-state index in [1.54, 1.807) is 29.2 Å². The fourth-order valence-corrected chi connectivity index (χ4v) is 7.84. The number of aromatic hydroxyl groups is 1. The van der Waals surface area contributed by atoms with Crippen LogP contribution in [0.15, 0.2) is 47.7 Å². The molecule has 0 unspecified atom stereocenters. The minimum absolute atomic E-state index is 0.0155. The van der Waals surface area contributed by atoms with Crippen molar-refractivity contribution in [2.24, 2.45) is 22.9 Å². The standard InChI is InChI=1S/C38H57ClN2O10/c1-5-19-49-38-33(41(15-21-47-22-18-44)36(46)48-20-14-39)25-31(40-51-37(2,3)4)29-23-26(10-6-8-16-42)28(11-7-9-17-43)34(35(29)38)30-24-27(45)12-13-32(30)50-38/h5,12-13,23-24,26,28,33-35,42-45H,1,6-11,14-22,25H2,2-4H3/t26-,28+,33-,34+,35+,38+/m0/s1. The zero-order valence-electron chi connectivity index (χ0n) is 30.3. The Morgan fingerprint density at radius 1 is 1.10 bits per heavy atom. The van der Waals surface area contributed by atoms with Crippen molar-refractivity contribution in [3.63, 3.8) is 0 Å². The summed E-state index contributed by atoms with van der Waals surface area (Å²) >= 11 is 5.95. The molecule has 6 atom stereocenters. The van der Waals surface area contributed by atoms with Gasteiger partial charge in [0.1, 0.15) is 29.7 Å². The quantitative estimate of drug-likeness (QED) is 0.0582. The van der Waals surface area contributed by atoms with Gasteiger partial charge in [0.15, 0.2) is 0 Å². The molecule has 1 amide bonds. The molecule has 0 spiro atoms. The van der Waals surface area contributed by atoms with Crippen molar-refractivity contribution in [1.82, 2.24) is 4.90 Å². The number of benzene rings is 1. The van der Waals surface area contributed by atoms with Crippen LogP contribution in [0.25, 0.3) is 0 Å². The summed E-state index contributed by atoms with van der Waals surface area (Å²) in [4.78, 5) is 21.6. The number of carbonyl (C=O) groups is 1. The molecule has 0 radical (unpaired) electrons. The van der Waals surface area contributed by atoms with Crippen LogP contribution in [0, 0.1) is 17.8 Å². The summed E-state index contributed by atoms with van der Waals surface area (Å²) in [6.45, 7) is 10.1. The zero-order chi connectivity index (χ0) is 37.0. The van der Waals surface area contributed by atoms with E-state index in [0.29, 0.717) is 24.3 Å². The number of ether oxygens (including phenoxy) is 4. The Labute approximate surface area is 307 Å². The van der Waals surface area contributed by atoms with Gasteiger partial charge >= 0.3 is 6.09 Å². The lowest BCUT2D eigenvalue weighted by molar-refractivity contribution is -0.256. The summed E-state index contributed by atoms with van der Waals surface area (Å²) in [5.41, 5.74) is 1.74. The monoisotopic (exact) mass is 736 g/mol. The fourth-order valence-electron chi connectivity index (χ4n) is 7.76. The first-order valence-electron chi connectivity index (χ1n) is 18.2. The van der Waals surface area contributed by atoms with Gasteiger partial charge in [-0.25, -0.2) is 4.79 Å². The number of aliphatic hydroxyl groups is 3. The Bertz CT molecular complexity index is 1350. The Balaban J connectivity index is 2.02. The number of rotatable bonds is 20. The van der Waals surface area contributed by atoms with Crippen LogP contribution in [-0.2, 0) is 19.0 Å². The highest BCUT2D eigenvalue weighted by Crippen LogP contribution is 2.61. The highest BCUT2D eigenvalue weighted by Gasteiger charge is 2.65. The molecule has 0 saturated heterocycles. The third-order valence-electron chi connectivity index (χ3n) is 9.71. The number of amides is 1. The third-order valence-corrected chi connectivity index (χ3v) is 9.87. The van der Waals surface area contributed by atoms with Crippen LogP contribution >= 0.6 is 11.6 Å². The van der Waals surface area contributed by atoms with Gasteiger partial charge in [-0.15, -0.1) is 18.2 Å². The number of halogens is 1. The molecule has 286 valence electrons. The number of fused-ring (bicyclic) bond motifs is 2. The second-order valence-electron chi connectivity index (χ2n) is 14.3. The number of phenolic OH excluding ortho intramolecular Hbond substituents is 1. The van der Waals surface area contributed by atoms with Crippen molar-refractivity contribution in [3.8, 4) is 11.5 Å². The van der Waals surface area contributed by atoms with Crippen LogP contribution in [-0.4, -0.2) is 113 Å². The van der Waals surface area contributed by atoms with Crippen molar-refractivity contribution in [1.29, 1.82) is 0 Å². The molecule has 4 rings (SSSR count). The van der Waals surface area contributed by atoms with Crippen LogP contribution in [0.3, 0.4) is 0 Å². The SMILES string of the molecule is C=CCO[C@@]12Oc3ccc(O)cc3[C@H]3[C@H](CCCCO)[C@@H](CCCCO)C=C(C(=NOC(C)(C)C)C[C@@H]1N(CCOCCO)C(=O)OCCCl)[C@H]32.